The Morgan fingerprint density at radius 2 is 0.549 bits per heavy atom. The molecule has 0 aromatic heterocycles. The SMILES string of the molecule is CC/C=C\C/C=C\C/C=C\C/C=C\C/C=C\C/C=C\CCC(=O)OCC(COP(=O)(O)OCC(O)COP(=O)(O)OCC(COC(=O)CCCCCCC/C=C\C/C=C\CCCCC)OC(=O)CCCCCCC/C=C\CCCCCCCC)OC(=O)CCCCCCC/C=C\C/C=C\CCC. The van der Waals surface area contributed by atoms with E-state index in [-0.39, 0.29) is 25.7 Å². The van der Waals surface area contributed by atoms with Gasteiger partial charge in [-0.25, -0.2) is 9.13 Å². The number of phosphoric acid groups is 2. The van der Waals surface area contributed by atoms with Gasteiger partial charge in [-0.1, -0.05) is 271 Å². The Morgan fingerprint density at radius 3 is 0.912 bits per heavy atom. The normalized spacial score (nSPS) is 14.6. The standard InChI is InChI=1S/C83H140O17P2/c1-5-9-13-17-21-25-29-33-36-37-38-39-42-45-48-52-56-60-64-68-81(86)94-73-78(99-82(87)69-65-61-57-53-49-43-32-28-24-20-16-12-8-4)75-97-101(89,90)95-71-77(84)72-96-102(91,92)98-76-79(100-83(88)70-66-62-58-54-50-46-41-35-31-27-23-19-15-11-7-3)74-93-80(85)67-63-59-55-51-47-44-40-34-30-26-22-18-14-10-6-2/h9,13,16,20-22,25-26,28,32-36,38-41,45,48,56,60,77-79,84H,5-8,10-12,14-15,17-19,23-24,27,29-31,37,42-44,46-47,49-55,57-59,61-76H2,1-4H3,(H,89,90)(H,91,92)/b13-9-,20-16-,25-21-,26-22-,32-28-,36-33-,39-38-,40-34-,41-35-,48-45-,60-56-. The number of hydrogen-bond acceptors (Lipinski definition) is 15. The summed E-state index contributed by atoms with van der Waals surface area (Å²) in [5.74, 6) is -2.31. The van der Waals surface area contributed by atoms with E-state index in [4.69, 9.17) is 37.0 Å². The van der Waals surface area contributed by atoms with Crippen molar-refractivity contribution in [2.24, 2.45) is 0 Å². The number of carbonyl (C=O) groups is 4. The molecule has 0 aromatic carbocycles. The molecule has 0 aliphatic carbocycles. The van der Waals surface area contributed by atoms with Gasteiger partial charge in [0.2, 0.25) is 0 Å². The molecule has 0 saturated heterocycles. The van der Waals surface area contributed by atoms with Gasteiger partial charge < -0.3 is 33.8 Å². The lowest BCUT2D eigenvalue weighted by atomic mass is 10.1. The summed E-state index contributed by atoms with van der Waals surface area (Å²) < 4.78 is 68.4. The maximum absolute atomic E-state index is 13.1. The Kier molecular flexibility index (Phi) is 71.0. The van der Waals surface area contributed by atoms with Crippen molar-refractivity contribution in [3.63, 3.8) is 0 Å². The van der Waals surface area contributed by atoms with Crippen molar-refractivity contribution in [2.75, 3.05) is 39.6 Å². The van der Waals surface area contributed by atoms with Crippen molar-refractivity contribution in [3.8, 4) is 0 Å². The smallest absolute Gasteiger partial charge is 0.462 e. The van der Waals surface area contributed by atoms with Gasteiger partial charge in [-0.05, 0) is 148 Å². The third-order valence-corrected chi connectivity index (χ3v) is 18.0. The zero-order valence-corrected chi connectivity index (χ0v) is 65.5. The van der Waals surface area contributed by atoms with Gasteiger partial charge in [0, 0.05) is 25.7 Å². The highest BCUT2D eigenvalue weighted by molar-refractivity contribution is 7.47. The van der Waals surface area contributed by atoms with Gasteiger partial charge in [0.05, 0.1) is 26.4 Å². The fourth-order valence-corrected chi connectivity index (χ4v) is 11.7. The van der Waals surface area contributed by atoms with Crippen molar-refractivity contribution >= 4 is 39.5 Å². The number of phosphoric ester groups is 2. The molecule has 102 heavy (non-hydrogen) atoms. The van der Waals surface area contributed by atoms with Gasteiger partial charge in [-0.15, -0.1) is 0 Å². The first-order chi connectivity index (χ1) is 49.7. The van der Waals surface area contributed by atoms with E-state index in [1.54, 1.807) is 0 Å². The number of allylic oxidation sites excluding steroid dienone is 22. The molecule has 17 nitrogen and oxygen atoms in total. The highest BCUT2D eigenvalue weighted by atomic mass is 31.2. The summed E-state index contributed by atoms with van der Waals surface area (Å²) in [6.07, 6.45) is 83.0. The second kappa shape index (κ2) is 74.5. The van der Waals surface area contributed by atoms with Gasteiger partial charge in [-0.2, -0.15) is 0 Å². The second-order valence-electron chi connectivity index (χ2n) is 25.9. The average Bonchev–Trinajstić information content (AvgIpc) is 0.908. The van der Waals surface area contributed by atoms with Crippen molar-refractivity contribution in [1.82, 2.24) is 0 Å². The summed E-state index contributed by atoms with van der Waals surface area (Å²) >= 11 is 0. The third kappa shape index (κ3) is 73.5. The van der Waals surface area contributed by atoms with Crippen LogP contribution in [0.25, 0.3) is 0 Å². The van der Waals surface area contributed by atoms with Gasteiger partial charge in [-0.3, -0.25) is 37.3 Å². The van der Waals surface area contributed by atoms with E-state index in [0.717, 1.165) is 167 Å². The first-order valence-electron chi connectivity index (χ1n) is 39.4. The maximum Gasteiger partial charge on any atom is 0.472 e. The fourth-order valence-electron chi connectivity index (χ4n) is 10.1. The lowest BCUT2D eigenvalue weighted by molar-refractivity contribution is -0.161. The van der Waals surface area contributed by atoms with Crippen LogP contribution in [0.3, 0.4) is 0 Å². The fraction of sp³-hybridized carbons (Fsp3) is 0.687. The Balaban J connectivity index is 5.43. The van der Waals surface area contributed by atoms with E-state index in [1.165, 1.54) is 57.8 Å². The van der Waals surface area contributed by atoms with Crippen molar-refractivity contribution in [2.45, 2.75) is 329 Å². The molecular formula is C83H140O17P2. The van der Waals surface area contributed by atoms with Gasteiger partial charge in [0.15, 0.2) is 12.2 Å². The molecule has 19 heteroatoms. The molecule has 0 saturated carbocycles. The first-order valence-corrected chi connectivity index (χ1v) is 42.4. The van der Waals surface area contributed by atoms with Crippen LogP contribution in [0.1, 0.15) is 310 Å². The lowest BCUT2D eigenvalue weighted by Gasteiger charge is -2.21. The highest BCUT2D eigenvalue weighted by Crippen LogP contribution is 2.45. The van der Waals surface area contributed by atoms with E-state index in [2.05, 4.69) is 143 Å². The van der Waals surface area contributed by atoms with Gasteiger partial charge >= 0.3 is 39.5 Å². The van der Waals surface area contributed by atoms with Crippen LogP contribution < -0.4 is 0 Å². The minimum atomic E-state index is -5.00. The summed E-state index contributed by atoms with van der Waals surface area (Å²) in [7, 11) is -9.99. The zero-order chi connectivity index (χ0) is 74.6. The molecule has 5 unspecified atom stereocenters. The first kappa shape index (κ1) is 97.2. The molecule has 0 rings (SSSR count). The van der Waals surface area contributed by atoms with Crippen molar-refractivity contribution in [1.29, 1.82) is 0 Å². The number of esters is 4. The number of aliphatic hydroxyl groups is 1. The number of carbonyl (C=O) groups excluding carboxylic acids is 4. The zero-order valence-electron chi connectivity index (χ0n) is 63.7. The maximum atomic E-state index is 13.1. The predicted octanol–water partition coefficient (Wildman–Crippen LogP) is 22.9. The topological polar surface area (TPSA) is 237 Å². The van der Waals surface area contributed by atoms with Crippen LogP contribution in [0.2, 0.25) is 0 Å². The van der Waals surface area contributed by atoms with E-state index < -0.39 is 97.5 Å². The molecule has 0 aliphatic heterocycles. The molecule has 0 spiro atoms. The van der Waals surface area contributed by atoms with Crippen LogP contribution in [-0.4, -0.2) is 96.7 Å². The summed E-state index contributed by atoms with van der Waals surface area (Å²) in [5, 5.41) is 10.6. The quantitative estimate of drug-likeness (QED) is 0.0169. The molecule has 0 bridgehead atoms. The molecule has 0 aromatic rings. The molecular weight excluding hydrogens is 1330 g/mol. The number of rotatable bonds is 73. The van der Waals surface area contributed by atoms with Crippen molar-refractivity contribution < 1.29 is 80.2 Å². The molecule has 3 N–H and O–H groups in total. The number of hydrogen-bond donors (Lipinski definition) is 3. The van der Waals surface area contributed by atoms with E-state index in [1.807, 2.05) is 18.2 Å². The summed E-state index contributed by atoms with van der Waals surface area (Å²) in [5.41, 5.74) is 0. The largest absolute Gasteiger partial charge is 0.472 e. The lowest BCUT2D eigenvalue weighted by Crippen LogP contribution is -2.30. The number of ether oxygens (including phenoxy) is 4. The molecule has 0 heterocycles. The third-order valence-electron chi connectivity index (χ3n) is 16.1. The Morgan fingerprint density at radius 1 is 0.284 bits per heavy atom. The summed E-state index contributed by atoms with van der Waals surface area (Å²) in [6.45, 7) is 4.54. The van der Waals surface area contributed by atoms with Crippen LogP contribution >= 0.6 is 15.6 Å². The highest BCUT2D eigenvalue weighted by Gasteiger charge is 2.30. The predicted molar refractivity (Wildman–Crippen MR) is 418 cm³/mol. The van der Waals surface area contributed by atoms with Crippen LogP contribution in [0, 0.1) is 0 Å². The Hall–Kier alpha value is -4.80. The molecule has 0 aliphatic rings. The number of unbranched alkanes of at least 4 members (excludes halogenated alkanes) is 25. The molecule has 5 atom stereocenters. The van der Waals surface area contributed by atoms with Gasteiger partial charge in [0.25, 0.3) is 0 Å². The molecule has 0 fully saturated rings. The van der Waals surface area contributed by atoms with E-state index in [9.17, 15) is 43.2 Å². The monoisotopic (exact) mass is 1470 g/mol. The van der Waals surface area contributed by atoms with Crippen LogP contribution in [0.4, 0.5) is 0 Å². The number of aliphatic hydroxyl groups excluding tert-OH is 1. The average molecular weight is 1470 g/mol. The summed E-state index contributed by atoms with van der Waals surface area (Å²) in [4.78, 5) is 72.9. The Labute approximate surface area is 618 Å². The van der Waals surface area contributed by atoms with Crippen LogP contribution in [0.5, 0.6) is 0 Å². The minimum absolute atomic E-state index is 0.0297. The van der Waals surface area contributed by atoms with Crippen LogP contribution in [0.15, 0.2) is 134 Å². The van der Waals surface area contributed by atoms with E-state index in [0.29, 0.717) is 32.1 Å². The van der Waals surface area contributed by atoms with Crippen LogP contribution in [-0.2, 0) is 65.4 Å². The minimum Gasteiger partial charge on any atom is -0.462 e. The summed E-state index contributed by atoms with van der Waals surface area (Å²) in [6, 6.07) is 0. The molecule has 584 valence electrons. The van der Waals surface area contributed by atoms with E-state index >= 15 is 0 Å². The van der Waals surface area contributed by atoms with Crippen molar-refractivity contribution in [3.05, 3.63) is 134 Å². The Bertz CT molecular complexity index is 2460. The molecule has 0 amide bonds. The molecule has 0 radical (unpaired) electrons. The second-order valence-corrected chi connectivity index (χ2v) is 28.8. The van der Waals surface area contributed by atoms with Gasteiger partial charge in [0.1, 0.15) is 19.3 Å².